The lowest BCUT2D eigenvalue weighted by atomic mass is 10.0. The summed E-state index contributed by atoms with van der Waals surface area (Å²) in [7, 11) is 0. The van der Waals surface area contributed by atoms with E-state index < -0.39 is 0 Å². The van der Waals surface area contributed by atoms with Crippen molar-refractivity contribution < 1.29 is 4.79 Å². The van der Waals surface area contributed by atoms with Gasteiger partial charge in [0.25, 0.3) is 0 Å². The number of carbonyl (C=O) groups excluding carboxylic acids is 1. The highest BCUT2D eigenvalue weighted by Gasteiger charge is 2.27. The second kappa shape index (κ2) is 8.36. The molecule has 0 saturated carbocycles. The first-order chi connectivity index (χ1) is 14.5. The number of Topliss-reactive ketones (excluding diaryl/α,β-unsaturated/α-hetero) is 1. The Balaban J connectivity index is 1.51. The van der Waals surface area contributed by atoms with Crippen molar-refractivity contribution in [2.75, 3.05) is 31.1 Å². The maximum Gasteiger partial charge on any atom is 0.159 e. The van der Waals surface area contributed by atoms with Crippen LogP contribution in [0.1, 0.15) is 47.2 Å². The number of benzene rings is 1. The van der Waals surface area contributed by atoms with Crippen molar-refractivity contribution in [2.24, 2.45) is 0 Å². The van der Waals surface area contributed by atoms with Crippen molar-refractivity contribution in [1.29, 1.82) is 0 Å². The van der Waals surface area contributed by atoms with Crippen LogP contribution < -0.4 is 4.90 Å². The SMILES string of the molecule is CC(=O)c1ccc(-c2nccnc2N2CCN(C(C)c3c(C)n[nH]c3C)CC2)cc1. The summed E-state index contributed by atoms with van der Waals surface area (Å²) >= 11 is 0. The molecule has 0 bridgehead atoms. The van der Waals surface area contributed by atoms with Gasteiger partial charge in [-0.3, -0.25) is 19.8 Å². The van der Waals surface area contributed by atoms with Gasteiger partial charge in [0.15, 0.2) is 11.6 Å². The third kappa shape index (κ3) is 3.85. The normalized spacial score (nSPS) is 15.9. The molecule has 7 heteroatoms. The van der Waals surface area contributed by atoms with Crippen molar-refractivity contribution in [1.82, 2.24) is 25.1 Å². The summed E-state index contributed by atoms with van der Waals surface area (Å²) in [6.45, 7) is 11.7. The molecule has 4 rings (SSSR count). The van der Waals surface area contributed by atoms with Crippen LogP contribution in [0.2, 0.25) is 0 Å². The van der Waals surface area contributed by atoms with Crippen LogP contribution in [0.15, 0.2) is 36.7 Å². The van der Waals surface area contributed by atoms with E-state index in [1.54, 1.807) is 19.3 Å². The fraction of sp³-hybridized carbons (Fsp3) is 0.391. The number of aromatic nitrogens is 4. The molecule has 30 heavy (non-hydrogen) atoms. The number of anilines is 1. The number of nitrogens with one attached hydrogen (secondary N) is 1. The smallest absolute Gasteiger partial charge is 0.159 e. The van der Waals surface area contributed by atoms with Gasteiger partial charge in [0.05, 0.1) is 5.69 Å². The third-order valence-electron chi connectivity index (χ3n) is 6.01. The maximum atomic E-state index is 11.6. The molecule has 0 radical (unpaired) electrons. The molecule has 1 saturated heterocycles. The van der Waals surface area contributed by atoms with Gasteiger partial charge in [-0.1, -0.05) is 24.3 Å². The van der Waals surface area contributed by atoms with Crippen molar-refractivity contribution in [3.63, 3.8) is 0 Å². The van der Waals surface area contributed by atoms with Crippen LogP contribution in [-0.4, -0.2) is 57.0 Å². The highest BCUT2D eigenvalue weighted by atomic mass is 16.1. The van der Waals surface area contributed by atoms with Gasteiger partial charge in [-0.2, -0.15) is 5.10 Å². The average Bonchev–Trinajstić information content (AvgIpc) is 3.11. The summed E-state index contributed by atoms with van der Waals surface area (Å²) < 4.78 is 0. The Bertz CT molecular complexity index is 1010. The molecule has 1 N–H and O–H groups in total. The van der Waals surface area contributed by atoms with Crippen LogP contribution in [0.3, 0.4) is 0 Å². The number of aryl methyl sites for hydroxylation is 2. The van der Waals surface area contributed by atoms with Crippen LogP contribution >= 0.6 is 0 Å². The van der Waals surface area contributed by atoms with E-state index in [4.69, 9.17) is 0 Å². The van der Waals surface area contributed by atoms with Gasteiger partial charge in [0.1, 0.15) is 5.69 Å². The summed E-state index contributed by atoms with van der Waals surface area (Å²) in [5, 5.41) is 7.46. The molecule has 1 aliphatic heterocycles. The van der Waals surface area contributed by atoms with Crippen LogP contribution in [0.5, 0.6) is 0 Å². The summed E-state index contributed by atoms with van der Waals surface area (Å²) in [5.74, 6) is 0.963. The van der Waals surface area contributed by atoms with Crippen molar-refractivity contribution >= 4 is 11.6 Å². The molecule has 0 amide bonds. The van der Waals surface area contributed by atoms with E-state index in [2.05, 4.69) is 50.7 Å². The molecular weight excluding hydrogens is 376 g/mol. The standard InChI is InChI=1S/C23H28N6O/c1-15-21(16(2)27-26-15)17(3)28-11-13-29(14-12-28)23-22(24-9-10-25-23)20-7-5-19(6-8-20)18(4)30/h5-10,17H,11-14H2,1-4H3,(H,26,27). The minimum atomic E-state index is 0.0641. The molecule has 3 aromatic rings. The molecule has 3 heterocycles. The molecule has 156 valence electrons. The molecular formula is C23H28N6O. The van der Waals surface area contributed by atoms with Gasteiger partial charge in [-0.05, 0) is 27.7 Å². The Labute approximate surface area is 177 Å². The number of hydrogen-bond acceptors (Lipinski definition) is 6. The summed E-state index contributed by atoms with van der Waals surface area (Å²) in [5.41, 5.74) is 6.06. The van der Waals surface area contributed by atoms with E-state index in [0.717, 1.165) is 54.6 Å². The van der Waals surface area contributed by atoms with Crippen LogP contribution in [0.4, 0.5) is 5.82 Å². The predicted octanol–water partition coefficient (Wildman–Crippen LogP) is 3.57. The summed E-state index contributed by atoms with van der Waals surface area (Å²) in [4.78, 5) is 25.6. The number of nitrogens with zero attached hydrogens (tertiary/aromatic N) is 5. The Morgan fingerprint density at radius 2 is 1.70 bits per heavy atom. The lowest BCUT2D eigenvalue weighted by Crippen LogP contribution is -2.47. The monoisotopic (exact) mass is 404 g/mol. The van der Waals surface area contributed by atoms with Gasteiger partial charge in [-0.15, -0.1) is 0 Å². The number of H-pyrrole nitrogens is 1. The van der Waals surface area contributed by atoms with Gasteiger partial charge in [-0.25, -0.2) is 4.98 Å². The second-order valence-electron chi connectivity index (χ2n) is 7.91. The van der Waals surface area contributed by atoms with Gasteiger partial charge < -0.3 is 4.90 Å². The van der Waals surface area contributed by atoms with Gasteiger partial charge in [0.2, 0.25) is 0 Å². The number of aromatic amines is 1. The zero-order valence-corrected chi connectivity index (χ0v) is 18.0. The Hall–Kier alpha value is -3.06. The first-order valence-corrected chi connectivity index (χ1v) is 10.4. The fourth-order valence-electron chi connectivity index (χ4n) is 4.31. The van der Waals surface area contributed by atoms with E-state index >= 15 is 0 Å². The highest BCUT2D eigenvalue weighted by Crippen LogP contribution is 2.30. The van der Waals surface area contributed by atoms with E-state index in [0.29, 0.717) is 11.6 Å². The first-order valence-electron chi connectivity index (χ1n) is 10.4. The lowest BCUT2D eigenvalue weighted by molar-refractivity contribution is 0.101. The average molecular weight is 405 g/mol. The second-order valence-corrected chi connectivity index (χ2v) is 7.91. The minimum absolute atomic E-state index is 0.0641. The number of piperazine rings is 1. The molecule has 0 spiro atoms. The number of carbonyl (C=O) groups is 1. The fourth-order valence-corrected chi connectivity index (χ4v) is 4.31. The third-order valence-corrected chi connectivity index (χ3v) is 6.01. The predicted molar refractivity (Wildman–Crippen MR) is 118 cm³/mol. The van der Waals surface area contributed by atoms with E-state index in [9.17, 15) is 4.79 Å². The number of hydrogen-bond donors (Lipinski definition) is 1. The Kier molecular flexibility index (Phi) is 5.63. The van der Waals surface area contributed by atoms with Crippen molar-refractivity contribution in [3.05, 3.63) is 59.2 Å². The number of ketones is 1. The zero-order chi connectivity index (χ0) is 21.3. The minimum Gasteiger partial charge on any atom is -0.352 e. The first kappa shape index (κ1) is 20.2. The zero-order valence-electron chi connectivity index (χ0n) is 18.0. The van der Waals surface area contributed by atoms with Gasteiger partial charge in [0, 0.05) is 67.0 Å². The Morgan fingerprint density at radius 3 is 2.30 bits per heavy atom. The largest absolute Gasteiger partial charge is 0.352 e. The quantitative estimate of drug-likeness (QED) is 0.655. The van der Waals surface area contributed by atoms with E-state index in [-0.39, 0.29) is 5.78 Å². The van der Waals surface area contributed by atoms with Crippen molar-refractivity contribution in [3.8, 4) is 11.3 Å². The molecule has 1 unspecified atom stereocenters. The van der Waals surface area contributed by atoms with Crippen LogP contribution in [-0.2, 0) is 0 Å². The van der Waals surface area contributed by atoms with Crippen molar-refractivity contribution in [2.45, 2.75) is 33.7 Å². The Morgan fingerprint density at radius 1 is 1.03 bits per heavy atom. The molecule has 1 fully saturated rings. The van der Waals surface area contributed by atoms with Gasteiger partial charge >= 0.3 is 0 Å². The molecule has 0 aliphatic carbocycles. The van der Waals surface area contributed by atoms with E-state index in [1.165, 1.54) is 5.56 Å². The summed E-state index contributed by atoms with van der Waals surface area (Å²) in [6.07, 6.45) is 3.47. The molecule has 7 nitrogen and oxygen atoms in total. The van der Waals surface area contributed by atoms with E-state index in [1.807, 2.05) is 24.3 Å². The molecule has 1 atom stereocenters. The summed E-state index contributed by atoms with van der Waals surface area (Å²) in [6, 6.07) is 7.93. The topological polar surface area (TPSA) is 78.0 Å². The molecule has 2 aromatic heterocycles. The lowest BCUT2D eigenvalue weighted by Gasteiger charge is -2.39. The number of rotatable bonds is 5. The maximum absolute atomic E-state index is 11.6. The molecule has 1 aliphatic rings. The van der Waals surface area contributed by atoms with Crippen LogP contribution in [0, 0.1) is 13.8 Å². The van der Waals surface area contributed by atoms with Crippen LogP contribution in [0.25, 0.3) is 11.3 Å². The highest BCUT2D eigenvalue weighted by molar-refractivity contribution is 5.94. The molecule has 1 aromatic carbocycles.